The first-order valence-corrected chi connectivity index (χ1v) is 4.25. The van der Waals surface area contributed by atoms with Gasteiger partial charge in [0.05, 0.1) is 0 Å². The van der Waals surface area contributed by atoms with Crippen molar-refractivity contribution in [1.29, 1.82) is 0 Å². The predicted octanol–water partition coefficient (Wildman–Crippen LogP) is 3.11. The van der Waals surface area contributed by atoms with Gasteiger partial charge >= 0.3 is 0 Å². The SMILES string of the molecule is O=CC=CC=Cc1ccccc1Cl. The monoisotopic (exact) mass is 192 g/mol. The highest BCUT2D eigenvalue weighted by Gasteiger charge is 1.90. The maximum absolute atomic E-state index is 9.94. The molecule has 1 rings (SSSR count). The van der Waals surface area contributed by atoms with Crippen molar-refractivity contribution in [1.82, 2.24) is 0 Å². The molecule has 0 saturated heterocycles. The van der Waals surface area contributed by atoms with Crippen LogP contribution < -0.4 is 0 Å². The van der Waals surface area contributed by atoms with Crippen molar-refractivity contribution in [2.75, 3.05) is 0 Å². The molecule has 2 heteroatoms. The van der Waals surface area contributed by atoms with Crippen LogP contribution in [0, 0.1) is 0 Å². The van der Waals surface area contributed by atoms with E-state index in [4.69, 9.17) is 11.6 Å². The molecule has 0 spiro atoms. The van der Waals surface area contributed by atoms with Gasteiger partial charge in [-0.15, -0.1) is 0 Å². The van der Waals surface area contributed by atoms with Gasteiger partial charge in [-0.3, -0.25) is 4.79 Å². The number of rotatable bonds is 3. The Kier molecular flexibility index (Phi) is 4.00. The minimum Gasteiger partial charge on any atom is -0.299 e. The van der Waals surface area contributed by atoms with Gasteiger partial charge < -0.3 is 0 Å². The van der Waals surface area contributed by atoms with Crippen molar-refractivity contribution in [3.8, 4) is 0 Å². The fourth-order valence-corrected chi connectivity index (χ4v) is 1.08. The van der Waals surface area contributed by atoms with Crippen LogP contribution in [0.4, 0.5) is 0 Å². The number of hydrogen-bond acceptors (Lipinski definition) is 1. The average molecular weight is 193 g/mol. The Morgan fingerprint density at radius 3 is 2.54 bits per heavy atom. The summed E-state index contributed by atoms with van der Waals surface area (Å²) < 4.78 is 0. The first-order chi connectivity index (χ1) is 6.34. The van der Waals surface area contributed by atoms with Crippen LogP contribution in [-0.4, -0.2) is 6.29 Å². The second-order valence-corrected chi connectivity index (χ2v) is 2.81. The maximum Gasteiger partial charge on any atom is 0.142 e. The zero-order valence-corrected chi connectivity index (χ0v) is 7.74. The summed E-state index contributed by atoms with van der Waals surface area (Å²) in [4.78, 5) is 9.94. The number of halogens is 1. The molecule has 0 N–H and O–H groups in total. The summed E-state index contributed by atoms with van der Waals surface area (Å²) in [6.07, 6.45) is 7.44. The van der Waals surface area contributed by atoms with Crippen molar-refractivity contribution < 1.29 is 4.79 Å². The molecular formula is C11H9ClO. The van der Waals surface area contributed by atoms with Crippen molar-refractivity contribution in [3.63, 3.8) is 0 Å². The number of carbonyl (C=O) groups excluding carboxylic acids is 1. The first kappa shape index (κ1) is 9.75. The smallest absolute Gasteiger partial charge is 0.142 e. The number of benzene rings is 1. The maximum atomic E-state index is 9.94. The van der Waals surface area contributed by atoms with Gasteiger partial charge in [0.2, 0.25) is 0 Å². The lowest BCUT2D eigenvalue weighted by Gasteiger charge is -1.94. The van der Waals surface area contributed by atoms with Crippen molar-refractivity contribution in [2.24, 2.45) is 0 Å². The lowest BCUT2D eigenvalue weighted by Crippen LogP contribution is -1.71. The third-order valence-electron chi connectivity index (χ3n) is 1.48. The average Bonchev–Trinajstić information content (AvgIpc) is 2.15. The Bertz CT molecular complexity index is 340. The van der Waals surface area contributed by atoms with Crippen LogP contribution in [0.3, 0.4) is 0 Å². The van der Waals surface area contributed by atoms with E-state index in [1.807, 2.05) is 30.3 Å². The highest BCUT2D eigenvalue weighted by atomic mass is 35.5. The molecule has 1 aromatic rings. The fraction of sp³-hybridized carbons (Fsp3) is 0. The van der Waals surface area contributed by atoms with Gasteiger partial charge in [0.25, 0.3) is 0 Å². The highest BCUT2D eigenvalue weighted by Crippen LogP contribution is 2.15. The van der Waals surface area contributed by atoms with Gasteiger partial charge in [0.15, 0.2) is 0 Å². The summed E-state index contributed by atoms with van der Waals surface area (Å²) >= 11 is 5.89. The predicted molar refractivity (Wildman–Crippen MR) is 55.7 cm³/mol. The van der Waals surface area contributed by atoms with Crippen molar-refractivity contribution >= 4 is 24.0 Å². The summed E-state index contributed by atoms with van der Waals surface area (Å²) in [5, 5.41) is 0.707. The molecule has 66 valence electrons. The first-order valence-electron chi connectivity index (χ1n) is 3.87. The third-order valence-corrected chi connectivity index (χ3v) is 1.83. The quantitative estimate of drug-likeness (QED) is 0.409. The van der Waals surface area contributed by atoms with Gasteiger partial charge in [0.1, 0.15) is 6.29 Å². The van der Waals surface area contributed by atoms with Crippen LogP contribution in [0.25, 0.3) is 6.08 Å². The second kappa shape index (κ2) is 5.33. The van der Waals surface area contributed by atoms with E-state index < -0.39 is 0 Å². The summed E-state index contributed by atoms with van der Waals surface area (Å²) in [7, 11) is 0. The van der Waals surface area contributed by atoms with Gasteiger partial charge in [0, 0.05) is 5.02 Å². The van der Waals surface area contributed by atoms with Gasteiger partial charge in [-0.25, -0.2) is 0 Å². The Morgan fingerprint density at radius 2 is 1.85 bits per heavy atom. The fourth-order valence-electron chi connectivity index (χ4n) is 0.879. The zero-order chi connectivity index (χ0) is 9.52. The van der Waals surface area contributed by atoms with E-state index >= 15 is 0 Å². The summed E-state index contributed by atoms with van der Waals surface area (Å²) in [6.45, 7) is 0. The van der Waals surface area contributed by atoms with Crippen molar-refractivity contribution in [2.45, 2.75) is 0 Å². The van der Waals surface area contributed by atoms with Gasteiger partial charge in [-0.2, -0.15) is 0 Å². The lowest BCUT2D eigenvalue weighted by molar-refractivity contribution is -0.104. The van der Waals surface area contributed by atoms with Crippen LogP contribution in [-0.2, 0) is 4.79 Å². The molecule has 0 unspecified atom stereocenters. The second-order valence-electron chi connectivity index (χ2n) is 2.40. The molecule has 13 heavy (non-hydrogen) atoms. The molecule has 0 heterocycles. The number of hydrogen-bond donors (Lipinski definition) is 0. The van der Waals surface area contributed by atoms with Crippen LogP contribution in [0.15, 0.2) is 42.5 Å². The van der Waals surface area contributed by atoms with E-state index in [9.17, 15) is 4.79 Å². The molecule has 0 radical (unpaired) electrons. The van der Waals surface area contributed by atoms with E-state index in [-0.39, 0.29) is 0 Å². The molecule has 0 aliphatic heterocycles. The normalized spacial score (nSPS) is 11.2. The van der Waals surface area contributed by atoms with E-state index in [0.29, 0.717) is 5.02 Å². The van der Waals surface area contributed by atoms with Crippen molar-refractivity contribution in [3.05, 3.63) is 53.1 Å². The molecule has 1 nitrogen and oxygen atoms in total. The van der Waals surface area contributed by atoms with Crippen LogP contribution in [0.2, 0.25) is 5.02 Å². The van der Waals surface area contributed by atoms with Crippen LogP contribution >= 0.6 is 11.6 Å². The van der Waals surface area contributed by atoms with E-state index in [2.05, 4.69) is 0 Å². The van der Waals surface area contributed by atoms with E-state index in [1.54, 1.807) is 12.2 Å². The molecule has 0 saturated carbocycles. The molecule has 1 aromatic carbocycles. The topological polar surface area (TPSA) is 17.1 Å². The number of allylic oxidation sites excluding steroid dienone is 3. The summed E-state index contributed by atoms with van der Waals surface area (Å²) in [6, 6.07) is 7.52. The lowest BCUT2D eigenvalue weighted by atomic mass is 10.2. The Balaban J connectivity index is 2.74. The Labute approximate surface area is 82.3 Å². The molecule has 0 fully saturated rings. The molecular weight excluding hydrogens is 184 g/mol. The molecule has 0 amide bonds. The third kappa shape index (κ3) is 3.26. The number of aldehydes is 1. The largest absolute Gasteiger partial charge is 0.299 e. The molecule has 0 bridgehead atoms. The molecule has 0 aliphatic rings. The minimum atomic E-state index is 0.707. The minimum absolute atomic E-state index is 0.707. The Morgan fingerprint density at radius 1 is 1.08 bits per heavy atom. The summed E-state index contributed by atoms with van der Waals surface area (Å²) in [5.41, 5.74) is 0.944. The molecule has 0 atom stereocenters. The zero-order valence-electron chi connectivity index (χ0n) is 6.98. The molecule has 0 aliphatic carbocycles. The highest BCUT2D eigenvalue weighted by molar-refractivity contribution is 6.32. The van der Waals surface area contributed by atoms with Crippen LogP contribution in [0.1, 0.15) is 5.56 Å². The van der Waals surface area contributed by atoms with E-state index in [0.717, 1.165) is 11.8 Å². The molecule has 0 aromatic heterocycles. The van der Waals surface area contributed by atoms with Gasteiger partial charge in [-0.1, -0.05) is 48.0 Å². The standard InChI is InChI=1S/C11H9ClO/c12-11-8-4-3-7-10(11)6-2-1-5-9-13/h1-9H. The summed E-state index contributed by atoms with van der Waals surface area (Å²) in [5.74, 6) is 0. The Hall–Kier alpha value is -1.34. The van der Waals surface area contributed by atoms with Crippen LogP contribution in [0.5, 0.6) is 0 Å². The van der Waals surface area contributed by atoms with E-state index in [1.165, 1.54) is 6.08 Å². The number of carbonyl (C=O) groups is 1. The van der Waals surface area contributed by atoms with Gasteiger partial charge in [-0.05, 0) is 17.7 Å².